The van der Waals surface area contributed by atoms with Crippen LogP contribution in [0.1, 0.15) is 41.6 Å². The number of morpholine rings is 1. The second kappa shape index (κ2) is 12.6. The number of aliphatic hydroxyl groups is 2. The highest BCUT2D eigenvalue weighted by molar-refractivity contribution is 6.32. The van der Waals surface area contributed by atoms with E-state index in [1.54, 1.807) is 19.2 Å². The van der Waals surface area contributed by atoms with Gasteiger partial charge in [0.25, 0.3) is 0 Å². The van der Waals surface area contributed by atoms with Crippen LogP contribution in [0, 0.1) is 0 Å². The number of hydrogen-bond donors (Lipinski definition) is 4. The summed E-state index contributed by atoms with van der Waals surface area (Å²) in [6, 6.07) is 5.47. The van der Waals surface area contributed by atoms with Gasteiger partial charge in [0.2, 0.25) is 5.95 Å². The molecule has 1 saturated carbocycles. The summed E-state index contributed by atoms with van der Waals surface area (Å²) in [6.45, 7) is 1.59. The predicted octanol–water partition coefficient (Wildman–Crippen LogP) is 2.45. The third kappa shape index (κ3) is 6.72. The molecular formula is C25H34ClN5O6. The normalized spacial score (nSPS) is 21.9. The standard InChI is InChI=1S/C25H34ClN5O6/c1-35-20-8-3-15(11-19(20)26)12-27-22-21(24(34)36-2)23(28-16-4-6-17(33)7-5-16)30-25(29-22)31-9-10-37-18(13-31)14-32/h3,8,11,16-18,32-33H,4-7,9-10,12-14H2,1-2H3,(H2,27,28,29,30)/t16-,17-,18?. The third-order valence-corrected chi connectivity index (χ3v) is 6.92. The van der Waals surface area contributed by atoms with E-state index in [-0.39, 0.29) is 30.4 Å². The van der Waals surface area contributed by atoms with Crippen LogP contribution in [-0.2, 0) is 16.0 Å². The van der Waals surface area contributed by atoms with E-state index in [0.29, 0.717) is 67.4 Å². The Morgan fingerprint density at radius 3 is 2.65 bits per heavy atom. The van der Waals surface area contributed by atoms with E-state index in [1.807, 2.05) is 11.0 Å². The number of rotatable bonds is 9. The molecule has 2 aromatic rings. The number of anilines is 3. The molecule has 2 aliphatic rings. The first-order valence-electron chi connectivity index (χ1n) is 12.4. The molecule has 1 aliphatic heterocycles. The van der Waals surface area contributed by atoms with Crippen molar-refractivity contribution < 1.29 is 29.2 Å². The molecule has 1 aliphatic carbocycles. The van der Waals surface area contributed by atoms with E-state index < -0.39 is 5.97 Å². The van der Waals surface area contributed by atoms with Crippen molar-refractivity contribution in [3.05, 3.63) is 34.3 Å². The molecule has 1 aromatic heterocycles. The van der Waals surface area contributed by atoms with E-state index >= 15 is 0 Å². The van der Waals surface area contributed by atoms with Crippen molar-refractivity contribution in [3.63, 3.8) is 0 Å². The van der Waals surface area contributed by atoms with Crippen LogP contribution >= 0.6 is 11.6 Å². The van der Waals surface area contributed by atoms with Crippen molar-refractivity contribution >= 4 is 35.2 Å². The van der Waals surface area contributed by atoms with Crippen LogP contribution < -0.4 is 20.3 Å². The number of carbonyl (C=O) groups excluding carboxylic acids is 1. The number of carbonyl (C=O) groups is 1. The van der Waals surface area contributed by atoms with Crippen molar-refractivity contribution in [2.45, 2.75) is 50.5 Å². The minimum atomic E-state index is -0.574. The Bertz CT molecular complexity index is 1080. The smallest absolute Gasteiger partial charge is 0.345 e. The molecule has 37 heavy (non-hydrogen) atoms. The number of benzene rings is 1. The van der Waals surface area contributed by atoms with Gasteiger partial charge < -0.3 is 40.0 Å². The number of nitrogens with zero attached hydrogens (tertiary/aromatic N) is 3. The van der Waals surface area contributed by atoms with Crippen molar-refractivity contribution in [1.82, 2.24) is 9.97 Å². The Morgan fingerprint density at radius 2 is 1.97 bits per heavy atom. The van der Waals surface area contributed by atoms with E-state index in [1.165, 1.54) is 7.11 Å². The zero-order valence-electron chi connectivity index (χ0n) is 21.1. The molecule has 202 valence electrons. The third-order valence-electron chi connectivity index (χ3n) is 6.63. The number of aromatic nitrogens is 2. The number of hydrogen-bond acceptors (Lipinski definition) is 11. The summed E-state index contributed by atoms with van der Waals surface area (Å²) in [7, 11) is 2.87. The van der Waals surface area contributed by atoms with Gasteiger partial charge in [-0.2, -0.15) is 9.97 Å². The Balaban J connectivity index is 1.68. The number of nitrogens with one attached hydrogen (secondary N) is 2. The lowest BCUT2D eigenvalue weighted by molar-refractivity contribution is 0.00314. The van der Waals surface area contributed by atoms with Crippen LogP contribution in [0.4, 0.5) is 17.6 Å². The first-order valence-corrected chi connectivity index (χ1v) is 12.8. The summed E-state index contributed by atoms with van der Waals surface area (Å²) in [5.74, 6) is 1.08. The van der Waals surface area contributed by atoms with Crippen LogP contribution in [0.15, 0.2) is 18.2 Å². The summed E-state index contributed by atoms with van der Waals surface area (Å²) in [4.78, 5) is 24.3. The molecule has 1 unspecified atom stereocenters. The van der Waals surface area contributed by atoms with Crippen molar-refractivity contribution in [2.75, 3.05) is 56.1 Å². The second-order valence-corrected chi connectivity index (χ2v) is 9.59. The summed E-state index contributed by atoms with van der Waals surface area (Å²) in [5.41, 5.74) is 1.06. The first-order chi connectivity index (χ1) is 17.9. The van der Waals surface area contributed by atoms with Gasteiger partial charge in [-0.25, -0.2) is 4.79 Å². The topological polar surface area (TPSA) is 138 Å². The summed E-state index contributed by atoms with van der Waals surface area (Å²) in [6.07, 6.45) is 2.18. The van der Waals surface area contributed by atoms with E-state index in [0.717, 1.165) is 18.4 Å². The number of halogens is 1. The largest absolute Gasteiger partial charge is 0.495 e. The van der Waals surface area contributed by atoms with Crippen LogP contribution in [0.3, 0.4) is 0 Å². The van der Waals surface area contributed by atoms with Crippen molar-refractivity contribution in [3.8, 4) is 5.75 Å². The molecule has 0 radical (unpaired) electrons. The van der Waals surface area contributed by atoms with Gasteiger partial charge in [0.15, 0.2) is 0 Å². The molecule has 4 N–H and O–H groups in total. The quantitative estimate of drug-likeness (QED) is 0.352. The van der Waals surface area contributed by atoms with Crippen molar-refractivity contribution in [1.29, 1.82) is 0 Å². The monoisotopic (exact) mass is 535 g/mol. The highest BCUT2D eigenvalue weighted by atomic mass is 35.5. The molecule has 2 heterocycles. The van der Waals surface area contributed by atoms with E-state index in [9.17, 15) is 15.0 Å². The fourth-order valence-electron chi connectivity index (χ4n) is 4.55. The summed E-state index contributed by atoms with van der Waals surface area (Å²) in [5, 5.41) is 26.7. The minimum Gasteiger partial charge on any atom is -0.495 e. The minimum absolute atomic E-state index is 0.0395. The van der Waals surface area contributed by atoms with Gasteiger partial charge in [-0.05, 0) is 43.4 Å². The SMILES string of the molecule is COC(=O)c1c(NCc2ccc(OC)c(Cl)c2)nc(N2CCOC(CO)C2)nc1N[C@H]1CC[C@H](O)CC1. The van der Waals surface area contributed by atoms with Gasteiger partial charge in [0.1, 0.15) is 22.9 Å². The summed E-state index contributed by atoms with van der Waals surface area (Å²) >= 11 is 6.29. The van der Waals surface area contributed by atoms with Crippen molar-refractivity contribution in [2.24, 2.45) is 0 Å². The van der Waals surface area contributed by atoms with Crippen LogP contribution in [0.2, 0.25) is 5.02 Å². The lowest BCUT2D eigenvalue weighted by Gasteiger charge is -2.33. The van der Waals surface area contributed by atoms with Gasteiger partial charge in [0.05, 0.1) is 44.7 Å². The zero-order chi connectivity index (χ0) is 26.4. The number of aliphatic hydroxyl groups excluding tert-OH is 2. The van der Waals surface area contributed by atoms with Gasteiger partial charge in [-0.3, -0.25) is 0 Å². The molecule has 0 bridgehead atoms. The average molecular weight is 536 g/mol. The first kappa shape index (κ1) is 27.2. The molecule has 2 fully saturated rings. The van der Waals surface area contributed by atoms with Crippen LogP contribution in [-0.4, -0.2) is 84.9 Å². The van der Waals surface area contributed by atoms with Crippen LogP contribution in [0.25, 0.3) is 0 Å². The van der Waals surface area contributed by atoms with Gasteiger partial charge in [-0.15, -0.1) is 0 Å². The Labute approximate surface area is 221 Å². The van der Waals surface area contributed by atoms with Gasteiger partial charge in [0, 0.05) is 25.7 Å². The Hall–Kier alpha value is -2.86. The van der Waals surface area contributed by atoms with Gasteiger partial charge >= 0.3 is 5.97 Å². The fraction of sp³-hybridized carbons (Fsp3) is 0.560. The summed E-state index contributed by atoms with van der Waals surface area (Å²) < 4.78 is 15.9. The molecule has 11 nitrogen and oxygen atoms in total. The molecule has 1 atom stereocenters. The van der Waals surface area contributed by atoms with E-state index in [2.05, 4.69) is 10.6 Å². The average Bonchev–Trinajstić information content (AvgIpc) is 2.92. The predicted molar refractivity (Wildman–Crippen MR) is 140 cm³/mol. The maximum atomic E-state index is 13.0. The maximum absolute atomic E-state index is 13.0. The maximum Gasteiger partial charge on any atom is 0.345 e. The lowest BCUT2D eigenvalue weighted by Crippen LogP contribution is -2.45. The van der Waals surface area contributed by atoms with Crippen LogP contribution in [0.5, 0.6) is 5.75 Å². The highest BCUT2D eigenvalue weighted by Crippen LogP contribution is 2.31. The molecule has 0 amide bonds. The zero-order valence-corrected chi connectivity index (χ0v) is 21.8. The number of ether oxygens (including phenoxy) is 3. The lowest BCUT2D eigenvalue weighted by atomic mass is 9.93. The Morgan fingerprint density at radius 1 is 1.22 bits per heavy atom. The molecule has 1 saturated heterocycles. The van der Waals surface area contributed by atoms with E-state index in [4.69, 9.17) is 35.8 Å². The fourth-order valence-corrected chi connectivity index (χ4v) is 4.83. The highest BCUT2D eigenvalue weighted by Gasteiger charge is 2.29. The molecular weight excluding hydrogens is 502 g/mol. The second-order valence-electron chi connectivity index (χ2n) is 9.18. The molecule has 1 aromatic carbocycles. The number of methoxy groups -OCH3 is 2. The number of esters is 1. The molecule has 12 heteroatoms. The van der Waals surface area contributed by atoms with Gasteiger partial charge in [-0.1, -0.05) is 17.7 Å². The Kier molecular flexibility index (Phi) is 9.25. The molecule has 4 rings (SSSR count). The molecule has 0 spiro atoms.